The molecule has 0 aliphatic carbocycles. The van der Waals surface area contributed by atoms with Gasteiger partial charge in [0.05, 0.1) is 11.7 Å². The van der Waals surface area contributed by atoms with E-state index in [4.69, 9.17) is 4.74 Å². The van der Waals surface area contributed by atoms with Gasteiger partial charge in [-0.15, -0.1) is 0 Å². The zero-order chi connectivity index (χ0) is 23.3. The maximum atomic E-state index is 5.68. The maximum Gasteiger partial charge on any atom is 0.0892 e. The lowest BCUT2D eigenvalue weighted by atomic mass is 10.0. The van der Waals surface area contributed by atoms with E-state index >= 15 is 0 Å². The molecule has 0 aromatic heterocycles. The average molecular weight is 432 g/mol. The second-order valence-electron chi connectivity index (χ2n) is 11.0. The van der Waals surface area contributed by atoms with E-state index in [1.54, 1.807) is 5.57 Å². The summed E-state index contributed by atoms with van der Waals surface area (Å²) in [5.74, 6) is 0.831. The van der Waals surface area contributed by atoms with E-state index in [0.717, 1.165) is 5.92 Å². The summed E-state index contributed by atoms with van der Waals surface area (Å²) in [6.07, 6.45) is 20.1. The van der Waals surface area contributed by atoms with Gasteiger partial charge in [0.25, 0.3) is 0 Å². The number of allylic oxidation sites excluding steroid dienone is 6. The van der Waals surface area contributed by atoms with Gasteiger partial charge in [-0.3, -0.25) is 0 Å². The summed E-state index contributed by atoms with van der Waals surface area (Å²) in [6.45, 7) is 18.3. The Hall–Kier alpha value is -0.860. The fourth-order valence-electron chi connectivity index (χ4n) is 4.12. The van der Waals surface area contributed by atoms with Crippen LogP contribution < -0.4 is 0 Å². The van der Waals surface area contributed by atoms with Crippen molar-refractivity contribution in [2.24, 2.45) is 5.92 Å². The molecule has 2 nitrogen and oxygen atoms in total. The summed E-state index contributed by atoms with van der Waals surface area (Å²) in [7, 11) is 2.27. The third-order valence-corrected chi connectivity index (χ3v) is 6.58. The van der Waals surface area contributed by atoms with Gasteiger partial charge in [0, 0.05) is 0 Å². The van der Waals surface area contributed by atoms with Crippen molar-refractivity contribution < 1.29 is 4.74 Å². The number of unbranched alkanes of at least 4 members (excludes halogenated alkanes) is 1. The van der Waals surface area contributed by atoms with Crippen LogP contribution in [0.25, 0.3) is 0 Å². The Labute approximate surface area is 195 Å². The predicted molar refractivity (Wildman–Crippen MR) is 139 cm³/mol. The highest BCUT2D eigenvalue weighted by atomic mass is 16.6. The fourth-order valence-corrected chi connectivity index (χ4v) is 4.12. The Morgan fingerprint density at radius 2 is 1.35 bits per heavy atom. The molecular formula is C29H53NO. The van der Waals surface area contributed by atoms with Crippen LogP contribution in [0.2, 0.25) is 0 Å². The molecule has 180 valence electrons. The maximum absolute atomic E-state index is 5.68. The Bertz CT molecular complexity index is 582. The van der Waals surface area contributed by atoms with Gasteiger partial charge in [-0.05, 0) is 125 Å². The topological polar surface area (TPSA) is 15.8 Å². The molecule has 0 radical (unpaired) electrons. The summed E-state index contributed by atoms with van der Waals surface area (Å²) in [6, 6.07) is 0. The molecule has 1 aliphatic heterocycles. The van der Waals surface area contributed by atoms with Gasteiger partial charge < -0.3 is 9.64 Å². The minimum absolute atomic E-state index is 0.135. The van der Waals surface area contributed by atoms with Crippen LogP contribution in [0.3, 0.4) is 0 Å². The van der Waals surface area contributed by atoms with Crippen molar-refractivity contribution in [3.05, 3.63) is 34.9 Å². The summed E-state index contributed by atoms with van der Waals surface area (Å²) < 4.78 is 5.68. The van der Waals surface area contributed by atoms with Gasteiger partial charge in [0.15, 0.2) is 0 Å². The van der Waals surface area contributed by atoms with E-state index in [0.29, 0.717) is 6.10 Å². The minimum Gasteiger partial charge on any atom is -0.367 e. The molecule has 0 bridgehead atoms. The highest BCUT2D eigenvalue weighted by Crippen LogP contribution is 2.38. The van der Waals surface area contributed by atoms with Crippen LogP contribution in [-0.2, 0) is 4.74 Å². The van der Waals surface area contributed by atoms with Crippen molar-refractivity contribution >= 4 is 0 Å². The summed E-state index contributed by atoms with van der Waals surface area (Å²) in [5, 5.41) is 0. The SMILES string of the molecule is C/C(=C\CC/C=C(\C)CCCN(C)CCCC(C)C)CC/C=C(\C)CCC1OC1(C)C. The van der Waals surface area contributed by atoms with E-state index in [1.807, 2.05) is 0 Å². The molecule has 0 saturated carbocycles. The van der Waals surface area contributed by atoms with E-state index in [-0.39, 0.29) is 5.60 Å². The number of ether oxygens (including phenoxy) is 1. The molecule has 1 rings (SSSR count). The Balaban J connectivity index is 2.08. The van der Waals surface area contributed by atoms with Gasteiger partial charge >= 0.3 is 0 Å². The van der Waals surface area contributed by atoms with Crippen molar-refractivity contribution in [1.29, 1.82) is 0 Å². The molecule has 1 unspecified atom stereocenters. The molecule has 1 heterocycles. The number of hydrogen-bond donors (Lipinski definition) is 0. The van der Waals surface area contributed by atoms with Crippen LogP contribution in [0.4, 0.5) is 0 Å². The number of nitrogens with zero attached hydrogens (tertiary/aromatic N) is 1. The monoisotopic (exact) mass is 431 g/mol. The van der Waals surface area contributed by atoms with Gasteiger partial charge in [0.1, 0.15) is 0 Å². The molecule has 0 spiro atoms. The average Bonchev–Trinajstić information content (AvgIpc) is 3.30. The standard InChI is InChI=1S/C29H53NO/c1-24(2)14-12-22-30(8)23-13-19-26(4)16-10-9-15-25(3)17-11-18-27(5)20-21-28-29(6,7)31-28/h15-16,18,24,28H,9-14,17,19-23H2,1-8H3/b25-15+,26-16+,27-18+. The largest absolute Gasteiger partial charge is 0.367 e. The lowest BCUT2D eigenvalue weighted by molar-refractivity contribution is 0.313. The molecule has 2 heteroatoms. The quantitative estimate of drug-likeness (QED) is 0.130. The minimum atomic E-state index is 0.135. The first kappa shape index (κ1) is 28.2. The number of hydrogen-bond acceptors (Lipinski definition) is 2. The first-order valence-corrected chi connectivity index (χ1v) is 12.9. The van der Waals surface area contributed by atoms with Gasteiger partial charge in [-0.25, -0.2) is 0 Å². The van der Waals surface area contributed by atoms with Crippen LogP contribution in [0.15, 0.2) is 34.9 Å². The second kappa shape index (κ2) is 15.1. The molecule has 1 saturated heterocycles. The number of rotatable bonds is 17. The molecular weight excluding hydrogens is 378 g/mol. The van der Waals surface area contributed by atoms with E-state index in [2.05, 4.69) is 78.6 Å². The van der Waals surface area contributed by atoms with Crippen LogP contribution in [0.1, 0.15) is 113 Å². The van der Waals surface area contributed by atoms with Gasteiger partial charge in [-0.1, -0.05) is 48.8 Å². The van der Waals surface area contributed by atoms with E-state index in [1.165, 1.54) is 88.4 Å². The van der Waals surface area contributed by atoms with Crippen molar-refractivity contribution in [1.82, 2.24) is 4.90 Å². The second-order valence-corrected chi connectivity index (χ2v) is 11.0. The zero-order valence-corrected chi connectivity index (χ0v) is 22.2. The Morgan fingerprint density at radius 1 is 0.839 bits per heavy atom. The van der Waals surface area contributed by atoms with Crippen molar-refractivity contribution in [2.75, 3.05) is 20.1 Å². The Kier molecular flexibility index (Phi) is 13.7. The molecule has 0 amide bonds. The Morgan fingerprint density at radius 3 is 1.94 bits per heavy atom. The molecule has 1 aliphatic rings. The molecule has 0 N–H and O–H groups in total. The molecule has 0 aromatic rings. The number of epoxide rings is 1. The smallest absolute Gasteiger partial charge is 0.0892 e. The third kappa shape index (κ3) is 14.8. The van der Waals surface area contributed by atoms with Crippen molar-refractivity contribution in [3.8, 4) is 0 Å². The summed E-state index contributed by atoms with van der Waals surface area (Å²) in [4.78, 5) is 2.50. The zero-order valence-electron chi connectivity index (χ0n) is 22.2. The van der Waals surface area contributed by atoms with E-state index < -0.39 is 0 Å². The van der Waals surface area contributed by atoms with Crippen LogP contribution in [0.5, 0.6) is 0 Å². The molecule has 1 atom stereocenters. The first-order chi connectivity index (χ1) is 14.6. The van der Waals surface area contributed by atoms with Gasteiger partial charge in [0.2, 0.25) is 0 Å². The highest BCUT2D eigenvalue weighted by Gasteiger charge is 2.46. The van der Waals surface area contributed by atoms with E-state index in [9.17, 15) is 0 Å². The lowest BCUT2D eigenvalue weighted by Gasteiger charge is -2.17. The van der Waals surface area contributed by atoms with Gasteiger partial charge in [-0.2, -0.15) is 0 Å². The first-order valence-electron chi connectivity index (χ1n) is 12.9. The predicted octanol–water partition coefficient (Wildman–Crippen LogP) is 8.49. The molecule has 31 heavy (non-hydrogen) atoms. The van der Waals surface area contributed by atoms with Crippen LogP contribution in [0, 0.1) is 5.92 Å². The third-order valence-electron chi connectivity index (χ3n) is 6.58. The molecule has 1 fully saturated rings. The lowest BCUT2D eigenvalue weighted by Crippen LogP contribution is -2.21. The molecule has 0 aromatic carbocycles. The fraction of sp³-hybridized carbons (Fsp3) is 0.793. The van der Waals surface area contributed by atoms with Crippen molar-refractivity contribution in [2.45, 2.75) is 124 Å². The summed E-state index contributed by atoms with van der Waals surface area (Å²) >= 11 is 0. The highest BCUT2D eigenvalue weighted by molar-refractivity contribution is 5.06. The van der Waals surface area contributed by atoms with Crippen LogP contribution in [-0.4, -0.2) is 36.7 Å². The normalized spacial score (nSPS) is 19.5. The van der Waals surface area contributed by atoms with Crippen LogP contribution >= 0.6 is 0 Å². The van der Waals surface area contributed by atoms with Crippen molar-refractivity contribution in [3.63, 3.8) is 0 Å². The summed E-state index contributed by atoms with van der Waals surface area (Å²) in [5.41, 5.74) is 4.74.